The van der Waals surface area contributed by atoms with Gasteiger partial charge in [0.15, 0.2) is 0 Å². The number of thioether (sulfide) groups is 1. The van der Waals surface area contributed by atoms with Crippen LogP contribution in [-0.2, 0) is 5.75 Å². The molecule has 0 bridgehead atoms. The number of rotatable bonds is 5. The van der Waals surface area contributed by atoms with E-state index in [9.17, 15) is 5.26 Å². The number of nitriles is 1. The summed E-state index contributed by atoms with van der Waals surface area (Å²) in [6, 6.07) is 7.65. The van der Waals surface area contributed by atoms with Crippen LogP contribution in [0.4, 0.5) is 0 Å². The summed E-state index contributed by atoms with van der Waals surface area (Å²) in [4.78, 5) is 2.76. The molecule has 0 aliphatic heterocycles. The molecule has 0 unspecified atom stereocenters. The molecule has 114 valence electrons. The van der Waals surface area contributed by atoms with Crippen LogP contribution in [0, 0.1) is 11.3 Å². The molecule has 0 saturated carbocycles. The molecule has 0 aliphatic rings. The Morgan fingerprint density at radius 2 is 2.05 bits per heavy atom. The van der Waals surface area contributed by atoms with Crippen LogP contribution >= 0.6 is 46.5 Å². The molecule has 0 aliphatic carbocycles. The van der Waals surface area contributed by atoms with Crippen molar-refractivity contribution >= 4 is 52.6 Å². The summed E-state index contributed by atoms with van der Waals surface area (Å²) in [5.74, 6) is 0.577. The van der Waals surface area contributed by atoms with Gasteiger partial charge in [0, 0.05) is 36.1 Å². The molecule has 2 rings (SSSR count). The van der Waals surface area contributed by atoms with Crippen molar-refractivity contribution in [2.24, 2.45) is 0 Å². The van der Waals surface area contributed by atoms with Crippen molar-refractivity contribution in [1.29, 1.82) is 5.26 Å². The van der Waals surface area contributed by atoms with Crippen LogP contribution in [0.5, 0.6) is 0 Å². The molecule has 0 saturated heterocycles. The summed E-state index contributed by atoms with van der Waals surface area (Å²) in [7, 11) is 3.86. The van der Waals surface area contributed by atoms with E-state index in [-0.39, 0.29) is 0 Å². The topological polar surface area (TPSA) is 39.9 Å². The number of benzene rings is 1. The molecule has 0 amide bonds. The van der Waals surface area contributed by atoms with E-state index < -0.39 is 0 Å². The lowest BCUT2D eigenvalue weighted by Gasteiger charge is -2.05. The highest BCUT2D eigenvalue weighted by molar-refractivity contribution is 7.98. The molecule has 1 aromatic carbocycles. The van der Waals surface area contributed by atoms with Crippen LogP contribution in [-0.4, -0.2) is 23.4 Å². The van der Waals surface area contributed by atoms with Crippen LogP contribution in [0.3, 0.4) is 0 Å². The Morgan fingerprint density at radius 3 is 2.64 bits per heavy atom. The molecule has 7 heteroatoms. The van der Waals surface area contributed by atoms with Crippen molar-refractivity contribution < 1.29 is 0 Å². The second kappa shape index (κ2) is 7.89. The first-order valence-corrected chi connectivity index (χ1v) is 8.84. The Labute approximate surface area is 148 Å². The van der Waals surface area contributed by atoms with Gasteiger partial charge >= 0.3 is 0 Å². The zero-order chi connectivity index (χ0) is 16.1. The lowest BCUT2D eigenvalue weighted by molar-refractivity contribution is 0.567. The predicted molar refractivity (Wildman–Crippen MR) is 95.6 cm³/mol. The molecule has 0 radical (unpaired) electrons. The summed E-state index contributed by atoms with van der Waals surface area (Å²) in [6.07, 6.45) is 3.79. The van der Waals surface area contributed by atoms with Gasteiger partial charge in [0.2, 0.25) is 0 Å². The summed E-state index contributed by atoms with van der Waals surface area (Å²) in [5, 5.41) is 11.3. The number of hydrogen-bond acceptors (Lipinski definition) is 5. The van der Waals surface area contributed by atoms with Crippen LogP contribution in [0.15, 0.2) is 29.4 Å². The second-order valence-corrected chi connectivity index (χ2v) is 7.19. The van der Waals surface area contributed by atoms with Gasteiger partial charge in [-0.2, -0.15) is 9.64 Å². The fourth-order valence-electron chi connectivity index (χ4n) is 1.63. The Hall–Kier alpha value is -1.19. The molecular weight excluding hydrogens is 357 g/mol. The monoisotopic (exact) mass is 369 g/mol. The largest absolute Gasteiger partial charge is 0.383 e. The van der Waals surface area contributed by atoms with Crippen LogP contribution in [0.2, 0.25) is 10.0 Å². The molecule has 22 heavy (non-hydrogen) atoms. The standard InChI is InChI=1S/C15H13Cl2N3S2/c1-20(2)7-6-14-10(8-18)15(19-22-14)21-9-11-12(16)4-3-5-13(11)17/h3-7H,9H2,1-2H3. The van der Waals surface area contributed by atoms with E-state index in [0.717, 1.165) is 10.4 Å². The molecule has 3 nitrogen and oxygen atoms in total. The maximum atomic E-state index is 9.36. The molecule has 0 atom stereocenters. The highest BCUT2D eigenvalue weighted by Crippen LogP contribution is 2.34. The van der Waals surface area contributed by atoms with Crippen molar-refractivity contribution in [1.82, 2.24) is 9.27 Å². The molecular formula is C15H13Cl2N3S2. The van der Waals surface area contributed by atoms with Gasteiger partial charge in [0.05, 0.1) is 4.88 Å². The highest BCUT2D eigenvalue weighted by atomic mass is 35.5. The number of nitrogens with zero attached hydrogens (tertiary/aromatic N) is 3. The fraction of sp³-hybridized carbons (Fsp3) is 0.200. The average molecular weight is 370 g/mol. The van der Waals surface area contributed by atoms with E-state index in [1.807, 2.05) is 37.3 Å². The lowest BCUT2D eigenvalue weighted by atomic mass is 10.2. The van der Waals surface area contributed by atoms with Crippen molar-refractivity contribution in [3.8, 4) is 6.07 Å². The minimum absolute atomic E-state index is 0.577. The molecule has 1 aromatic heterocycles. The summed E-state index contributed by atoms with van der Waals surface area (Å²) < 4.78 is 4.37. The fourth-order valence-corrected chi connectivity index (χ4v) is 4.23. The van der Waals surface area contributed by atoms with Gasteiger partial charge in [-0.3, -0.25) is 0 Å². The van der Waals surface area contributed by atoms with Gasteiger partial charge in [0.1, 0.15) is 16.7 Å². The van der Waals surface area contributed by atoms with E-state index in [1.165, 1.54) is 23.3 Å². The molecule has 0 fully saturated rings. The molecule has 2 aromatic rings. The third-order valence-electron chi connectivity index (χ3n) is 2.74. The maximum Gasteiger partial charge on any atom is 0.129 e. The summed E-state index contributed by atoms with van der Waals surface area (Å²) in [6.45, 7) is 0. The van der Waals surface area contributed by atoms with Crippen LogP contribution in [0.1, 0.15) is 16.0 Å². The highest BCUT2D eigenvalue weighted by Gasteiger charge is 2.14. The molecule has 0 N–H and O–H groups in total. The zero-order valence-electron chi connectivity index (χ0n) is 12.0. The minimum Gasteiger partial charge on any atom is -0.383 e. The van der Waals surface area contributed by atoms with Crippen LogP contribution < -0.4 is 0 Å². The maximum absolute atomic E-state index is 9.36. The van der Waals surface area contributed by atoms with Crippen molar-refractivity contribution in [2.75, 3.05) is 14.1 Å². The van der Waals surface area contributed by atoms with Gasteiger partial charge < -0.3 is 4.90 Å². The van der Waals surface area contributed by atoms with Crippen molar-refractivity contribution in [3.05, 3.63) is 50.4 Å². The van der Waals surface area contributed by atoms with E-state index in [4.69, 9.17) is 23.2 Å². The van der Waals surface area contributed by atoms with E-state index >= 15 is 0 Å². The number of hydrogen-bond donors (Lipinski definition) is 0. The van der Waals surface area contributed by atoms with Crippen LogP contribution in [0.25, 0.3) is 6.08 Å². The average Bonchev–Trinajstić information content (AvgIpc) is 2.86. The van der Waals surface area contributed by atoms with Gasteiger partial charge in [-0.15, -0.1) is 0 Å². The van der Waals surface area contributed by atoms with E-state index in [0.29, 0.717) is 26.4 Å². The van der Waals surface area contributed by atoms with Gasteiger partial charge in [0.25, 0.3) is 0 Å². The van der Waals surface area contributed by atoms with Gasteiger partial charge in [-0.05, 0) is 35.3 Å². The zero-order valence-corrected chi connectivity index (χ0v) is 15.2. The summed E-state index contributed by atoms with van der Waals surface area (Å²) in [5.41, 5.74) is 1.45. The third kappa shape index (κ3) is 4.17. The molecule has 0 spiro atoms. The first kappa shape index (κ1) is 17.2. The normalized spacial score (nSPS) is 10.9. The van der Waals surface area contributed by atoms with E-state index in [1.54, 1.807) is 12.1 Å². The van der Waals surface area contributed by atoms with Crippen molar-refractivity contribution in [2.45, 2.75) is 10.8 Å². The first-order valence-electron chi connectivity index (χ1n) is 6.33. The number of aromatic nitrogens is 1. The van der Waals surface area contributed by atoms with Gasteiger partial charge in [-0.1, -0.05) is 41.0 Å². The minimum atomic E-state index is 0.577. The molecule has 1 heterocycles. The summed E-state index contributed by atoms with van der Waals surface area (Å²) >= 11 is 15.1. The van der Waals surface area contributed by atoms with Crippen molar-refractivity contribution in [3.63, 3.8) is 0 Å². The van der Waals surface area contributed by atoms with Gasteiger partial charge in [-0.25, -0.2) is 0 Å². The Balaban J connectivity index is 2.19. The smallest absolute Gasteiger partial charge is 0.129 e. The quantitative estimate of drug-likeness (QED) is 0.683. The predicted octanol–water partition coefficient (Wildman–Crippen LogP) is 5.15. The SMILES string of the molecule is CN(C)C=Cc1snc(SCc2c(Cl)cccc2Cl)c1C#N. The lowest BCUT2D eigenvalue weighted by Crippen LogP contribution is -1.99. The first-order chi connectivity index (χ1) is 10.5. The number of halogens is 2. The second-order valence-electron chi connectivity index (χ2n) is 4.61. The Kier molecular flexibility index (Phi) is 6.16. The third-order valence-corrected chi connectivity index (χ3v) is 5.37. The van der Waals surface area contributed by atoms with E-state index in [2.05, 4.69) is 10.4 Å². The Morgan fingerprint density at radius 1 is 1.36 bits per heavy atom. The Bertz CT molecular complexity index is 713.